The van der Waals surface area contributed by atoms with Gasteiger partial charge in [-0.05, 0) is 48.4 Å². The van der Waals surface area contributed by atoms with Crippen LogP contribution in [0.1, 0.15) is 21.5 Å². The largest absolute Gasteiger partial charge is 0.423 e. The SMILES string of the molecule is Cc1ccc(-c2nnco2)cc1NC(=O)c1cccc(S(=O)(=O)NCc2ccccc2)c1. The standard InChI is InChI=1S/C23H20N4O4S/c1-16-10-11-19(23-27-24-15-31-23)13-21(16)26-22(28)18-8-5-9-20(12-18)32(29,30)25-14-17-6-3-2-4-7-17/h2-13,15,25H,14H2,1H3,(H,26,28). The van der Waals surface area contributed by atoms with Gasteiger partial charge in [-0.3, -0.25) is 4.79 Å². The van der Waals surface area contributed by atoms with E-state index in [1.165, 1.54) is 24.6 Å². The van der Waals surface area contributed by atoms with Gasteiger partial charge in [0.25, 0.3) is 5.91 Å². The zero-order valence-electron chi connectivity index (χ0n) is 17.1. The van der Waals surface area contributed by atoms with Gasteiger partial charge >= 0.3 is 0 Å². The molecule has 162 valence electrons. The normalized spacial score (nSPS) is 11.3. The van der Waals surface area contributed by atoms with E-state index in [1.54, 1.807) is 12.1 Å². The van der Waals surface area contributed by atoms with Gasteiger partial charge in [0.1, 0.15) is 0 Å². The van der Waals surface area contributed by atoms with Crippen LogP contribution >= 0.6 is 0 Å². The predicted molar refractivity (Wildman–Crippen MR) is 119 cm³/mol. The van der Waals surface area contributed by atoms with Crippen LogP contribution < -0.4 is 10.0 Å². The quantitative estimate of drug-likeness (QED) is 0.445. The molecule has 4 rings (SSSR count). The van der Waals surface area contributed by atoms with Gasteiger partial charge in [-0.25, -0.2) is 13.1 Å². The first-order valence-electron chi connectivity index (χ1n) is 9.74. The van der Waals surface area contributed by atoms with Crippen LogP contribution in [0.2, 0.25) is 0 Å². The molecule has 3 aromatic carbocycles. The molecular weight excluding hydrogens is 428 g/mol. The number of aryl methyl sites for hydroxylation is 1. The number of amides is 1. The molecule has 1 amide bonds. The Morgan fingerprint density at radius 1 is 1.00 bits per heavy atom. The number of aromatic nitrogens is 2. The Bertz CT molecular complexity index is 1340. The first-order valence-corrected chi connectivity index (χ1v) is 11.2. The molecule has 0 saturated heterocycles. The maximum Gasteiger partial charge on any atom is 0.255 e. The lowest BCUT2D eigenvalue weighted by molar-refractivity contribution is 0.102. The zero-order chi connectivity index (χ0) is 22.6. The number of nitrogens with zero attached hydrogens (tertiary/aromatic N) is 2. The Kier molecular flexibility index (Phi) is 6.11. The average molecular weight is 449 g/mol. The van der Waals surface area contributed by atoms with Gasteiger partial charge in [0.2, 0.25) is 22.3 Å². The Labute approximate surface area is 185 Å². The minimum atomic E-state index is -3.79. The highest BCUT2D eigenvalue weighted by Gasteiger charge is 2.17. The fraction of sp³-hybridized carbons (Fsp3) is 0.0870. The second-order valence-corrected chi connectivity index (χ2v) is 8.83. The summed E-state index contributed by atoms with van der Waals surface area (Å²) < 4.78 is 33.2. The van der Waals surface area contributed by atoms with Crippen molar-refractivity contribution in [2.75, 3.05) is 5.32 Å². The molecule has 1 aromatic heterocycles. The molecule has 9 heteroatoms. The van der Waals surface area contributed by atoms with Crippen molar-refractivity contribution in [3.8, 4) is 11.5 Å². The van der Waals surface area contributed by atoms with Crippen molar-refractivity contribution in [1.82, 2.24) is 14.9 Å². The van der Waals surface area contributed by atoms with Crippen molar-refractivity contribution < 1.29 is 17.6 Å². The summed E-state index contributed by atoms with van der Waals surface area (Å²) >= 11 is 0. The Hall–Kier alpha value is -3.82. The number of sulfonamides is 1. The van der Waals surface area contributed by atoms with Crippen LogP contribution in [-0.2, 0) is 16.6 Å². The van der Waals surface area contributed by atoms with Gasteiger partial charge in [0.15, 0.2) is 0 Å². The van der Waals surface area contributed by atoms with Crippen LogP contribution in [0, 0.1) is 6.92 Å². The second-order valence-electron chi connectivity index (χ2n) is 7.07. The lowest BCUT2D eigenvalue weighted by Crippen LogP contribution is -2.23. The minimum absolute atomic E-state index is 0.0115. The van der Waals surface area contributed by atoms with E-state index in [0.29, 0.717) is 17.1 Å². The summed E-state index contributed by atoms with van der Waals surface area (Å²) in [4.78, 5) is 12.9. The van der Waals surface area contributed by atoms with Crippen molar-refractivity contribution in [2.24, 2.45) is 0 Å². The summed E-state index contributed by atoms with van der Waals surface area (Å²) in [5.74, 6) is -0.103. The Morgan fingerprint density at radius 3 is 2.56 bits per heavy atom. The van der Waals surface area contributed by atoms with Crippen molar-refractivity contribution in [3.05, 3.63) is 95.9 Å². The zero-order valence-corrected chi connectivity index (χ0v) is 18.0. The van der Waals surface area contributed by atoms with Gasteiger partial charge in [0, 0.05) is 23.4 Å². The maximum absolute atomic E-state index is 12.8. The summed E-state index contributed by atoms with van der Waals surface area (Å²) in [5, 5.41) is 10.4. The van der Waals surface area contributed by atoms with Crippen molar-refractivity contribution in [1.29, 1.82) is 0 Å². The highest BCUT2D eigenvalue weighted by atomic mass is 32.2. The smallest absolute Gasteiger partial charge is 0.255 e. The first kappa shape index (κ1) is 21.4. The summed E-state index contributed by atoms with van der Waals surface area (Å²) in [6.07, 6.45) is 1.23. The second kappa shape index (κ2) is 9.13. The highest BCUT2D eigenvalue weighted by molar-refractivity contribution is 7.89. The van der Waals surface area contributed by atoms with Crippen LogP contribution in [-0.4, -0.2) is 24.5 Å². The Morgan fingerprint density at radius 2 is 1.81 bits per heavy atom. The van der Waals surface area contributed by atoms with Crippen LogP contribution in [0.25, 0.3) is 11.5 Å². The summed E-state index contributed by atoms with van der Waals surface area (Å²) in [7, 11) is -3.79. The molecule has 2 N–H and O–H groups in total. The molecule has 0 saturated carbocycles. The molecule has 4 aromatic rings. The summed E-state index contributed by atoms with van der Waals surface area (Å²) in [6, 6.07) is 20.4. The number of nitrogens with one attached hydrogen (secondary N) is 2. The highest BCUT2D eigenvalue weighted by Crippen LogP contribution is 2.24. The summed E-state index contributed by atoms with van der Waals surface area (Å²) in [5.41, 5.74) is 3.10. The topological polar surface area (TPSA) is 114 Å². The van der Waals surface area contributed by atoms with Crippen LogP contribution in [0.3, 0.4) is 0 Å². The predicted octanol–water partition coefficient (Wildman–Crippen LogP) is 3.78. The van der Waals surface area contributed by atoms with E-state index in [0.717, 1.165) is 11.1 Å². The van der Waals surface area contributed by atoms with Crippen molar-refractivity contribution >= 4 is 21.6 Å². The monoisotopic (exact) mass is 448 g/mol. The molecule has 0 aliphatic heterocycles. The molecule has 0 atom stereocenters. The fourth-order valence-corrected chi connectivity index (χ4v) is 4.11. The maximum atomic E-state index is 12.8. The molecular formula is C23H20N4O4S. The molecule has 1 heterocycles. The van der Waals surface area contributed by atoms with E-state index in [1.807, 2.05) is 49.4 Å². The number of hydrogen-bond donors (Lipinski definition) is 2. The molecule has 0 aliphatic carbocycles. The molecule has 8 nitrogen and oxygen atoms in total. The molecule has 0 aliphatic rings. The third-order valence-electron chi connectivity index (χ3n) is 4.81. The molecule has 0 fully saturated rings. The number of carbonyl (C=O) groups excluding carboxylic acids is 1. The van der Waals surface area contributed by atoms with E-state index in [4.69, 9.17) is 4.42 Å². The lowest BCUT2D eigenvalue weighted by atomic mass is 10.1. The molecule has 0 bridgehead atoms. The molecule has 0 spiro atoms. The van der Waals surface area contributed by atoms with E-state index in [-0.39, 0.29) is 17.0 Å². The third kappa shape index (κ3) is 4.90. The lowest BCUT2D eigenvalue weighted by Gasteiger charge is -2.11. The van der Waals surface area contributed by atoms with E-state index < -0.39 is 15.9 Å². The third-order valence-corrected chi connectivity index (χ3v) is 6.21. The number of rotatable bonds is 7. The van der Waals surface area contributed by atoms with E-state index in [2.05, 4.69) is 20.2 Å². The fourth-order valence-electron chi connectivity index (χ4n) is 3.05. The average Bonchev–Trinajstić information content (AvgIpc) is 3.35. The minimum Gasteiger partial charge on any atom is -0.423 e. The van der Waals surface area contributed by atoms with Gasteiger partial charge in [0.05, 0.1) is 4.90 Å². The summed E-state index contributed by atoms with van der Waals surface area (Å²) in [6.45, 7) is 2.00. The van der Waals surface area contributed by atoms with Gasteiger partial charge in [-0.15, -0.1) is 10.2 Å². The van der Waals surface area contributed by atoms with E-state index >= 15 is 0 Å². The van der Waals surface area contributed by atoms with Crippen LogP contribution in [0.15, 0.2) is 88.5 Å². The van der Waals surface area contributed by atoms with E-state index in [9.17, 15) is 13.2 Å². The number of benzene rings is 3. The van der Waals surface area contributed by atoms with Crippen molar-refractivity contribution in [3.63, 3.8) is 0 Å². The number of anilines is 1. The Balaban J connectivity index is 1.52. The molecule has 0 unspecified atom stereocenters. The first-order chi connectivity index (χ1) is 15.4. The van der Waals surface area contributed by atoms with Crippen LogP contribution in [0.4, 0.5) is 5.69 Å². The molecule has 32 heavy (non-hydrogen) atoms. The number of carbonyl (C=O) groups is 1. The number of hydrogen-bond acceptors (Lipinski definition) is 6. The van der Waals surface area contributed by atoms with Crippen LogP contribution in [0.5, 0.6) is 0 Å². The molecule has 0 radical (unpaired) electrons. The van der Waals surface area contributed by atoms with Gasteiger partial charge < -0.3 is 9.73 Å². The van der Waals surface area contributed by atoms with Crippen molar-refractivity contribution in [2.45, 2.75) is 18.4 Å². The van der Waals surface area contributed by atoms with Gasteiger partial charge in [-0.2, -0.15) is 0 Å². The van der Waals surface area contributed by atoms with Gasteiger partial charge in [-0.1, -0.05) is 42.5 Å².